The van der Waals surface area contributed by atoms with Crippen molar-refractivity contribution in [3.8, 4) is 5.75 Å². The summed E-state index contributed by atoms with van der Waals surface area (Å²) in [5, 5.41) is 10.6. The number of aryl methyl sites for hydroxylation is 3. The minimum Gasteiger partial charge on any atom is -0.496 e. The summed E-state index contributed by atoms with van der Waals surface area (Å²) in [5.41, 5.74) is 5.11. The van der Waals surface area contributed by atoms with Crippen molar-refractivity contribution in [2.24, 2.45) is 0 Å². The standard InChI is InChI=1S/C22H25N5O2/c1-12-9-16-14(3)23-21(24-17(16)10-13(12)2)27-22-25-18(11-20(28)26-22)15-7-5-6-8-19(15)29-4/h5-10,18,22,25H,11H2,1-4H3,(H,26,28)(H,23,24,27). The minimum absolute atomic E-state index is 0.0545. The molecule has 1 amide bonds. The van der Waals surface area contributed by atoms with Crippen molar-refractivity contribution in [3.63, 3.8) is 0 Å². The number of carbonyl (C=O) groups is 1. The average molecular weight is 391 g/mol. The van der Waals surface area contributed by atoms with Crippen molar-refractivity contribution in [1.82, 2.24) is 20.6 Å². The minimum atomic E-state index is -0.491. The zero-order valence-corrected chi connectivity index (χ0v) is 17.0. The SMILES string of the molecule is COc1ccccc1C1CC(=O)NC(Nc2nc(C)c3cc(C)c(C)cc3n2)N1. The number of hydrogen-bond donors (Lipinski definition) is 3. The fraction of sp³-hybridized carbons (Fsp3) is 0.318. The number of ether oxygens (including phenoxy) is 1. The van der Waals surface area contributed by atoms with Crippen molar-refractivity contribution < 1.29 is 9.53 Å². The molecule has 1 aliphatic rings. The van der Waals surface area contributed by atoms with Gasteiger partial charge in [0.1, 0.15) is 5.75 Å². The molecule has 0 radical (unpaired) electrons. The molecule has 7 nitrogen and oxygen atoms in total. The number of amides is 1. The van der Waals surface area contributed by atoms with Crippen LogP contribution in [0.2, 0.25) is 0 Å². The molecule has 2 atom stereocenters. The third-order valence-corrected chi connectivity index (χ3v) is 5.35. The molecule has 4 rings (SSSR count). The van der Waals surface area contributed by atoms with E-state index in [4.69, 9.17) is 4.74 Å². The van der Waals surface area contributed by atoms with Gasteiger partial charge in [-0.15, -0.1) is 0 Å². The molecule has 0 spiro atoms. The first kappa shape index (κ1) is 19.1. The van der Waals surface area contributed by atoms with Gasteiger partial charge in [0.05, 0.1) is 18.3 Å². The van der Waals surface area contributed by atoms with Gasteiger partial charge in [-0.05, 0) is 50.1 Å². The molecule has 0 aliphatic carbocycles. The largest absolute Gasteiger partial charge is 0.496 e. The molecule has 7 heteroatoms. The highest BCUT2D eigenvalue weighted by Crippen LogP contribution is 2.29. The Morgan fingerprint density at radius 2 is 1.86 bits per heavy atom. The molecule has 3 N–H and O–H groups in total. The van der Waals surface area contributed by atoms with Crippen molar-refractivity contribution in [1.29, 1.82) is 0 Å². The van der Waals surface area contributed by atoms with Crippen LogP contribution >= 0.6 is 0 Å². The number of fused-ring (bicyclic) bond motifs is 1. The van der Waals surface area contributed by atoms with Crippen molar-refractivity contribution in [2.75, 3.05) is 12.4 Å². The van der Waals surface area contributed by atoms with E-state index in [1.54, 1.807) is 7.11 Å². The fourth-order valence-electron chi connectivity index (χ4n) is 3.67. The summed E-state index contributed by atoms with van der Waals surface area (Å²) < 4.78 is 5.46. The van der Waals surface area contributed by atoms with Crippen LogP contribution in [0.3, 0.4) is 0 Å². The van der Waals surface area contributed by atoms with E-state index >= 15 is 0 Å². The Labute approximate surface area is 169 Å². The Bertz CT molecular complexity index is 1080. The summed E-state index contributed by atoms with van der Waals surface area (Å²) in [5.74, 6) is 1.17. The maximum atomic E-state index is 12.3. The van der Waals surface area contributed by atoms with E-state index in [1.165, 1.54) is 11.1 Å². The quantitative estimate of drug-likeness (QED) is 0.633. The number of aromatic nitrogens is 2. The molecule has 0 bridgehead atoms. The number of para-hydroxylation sites is 1. The normalized spacial score (nSPS) is 19.1. The lowest BCUT2D eigenvalue weighted by Gasteiger charge is -2.32. The number of carbonyl (C=O) groups excluding carboxylic acids is 1. The van der Waals surface area contributed by atoms with Gasteiger partial charge in [-0.2, -0.15) is 0 Å². The van der Waals surface area contributed by atoms with Crippen molar-refractivity contribution >= 4 is 22.8 Å². The molecule has 2 aromatic carbocycles. The molecule has 29 heavy (non-hydrogen) atoms. The van der Waals surface area contributed by atoms with Gasteiger partial charge < -0.3 is 15.4 Å². The number of anilines is 1. The molecule has 3 aromatic rings. The van der Waals surface area contributed by atoms with E-state index in [0.717, 1.165) is 27.9 Å². The van der Waals surface area contributed by atoms with Gasteiger partial charge in [-0.3, -0.25) is 10.1 Å². The van der Waals surface area contributed by atoms with Gasteiger partial charge in [0.15, 0.2) is 6.29 Å². The fourth-order valence-corrected chi connectivity index (χ4v) is 3.67. The third kappa shape index (κ3) is 3.86. The molecule has 0 saturated carbocycles. The van der Waals surface area contributed by atoms with E-state index in [2.05, 4.69) is 51.9 Å². The molecule has 2 heterocycles. The maximum absolute atomic E-state index is 12.3. The zero-order valence-electron chi connectivity index (χ0n) is 17.0. The molecule has 1 saturated heterocycles. The van der Waals surface area contributed by atoms with E-state index in [9.17, 15) is 4.79 Å². The lowest BCUT2D eigenvalue weighted by atomic mass is 10.0. The number of nitrogens with one attached hydrogen (secondary N) is 3. The van der Waals surface area contributed by atoms with E-state index < -0.39 is 6.29 Å². The van der Waals surface area contributed by atoms with Gasteiger partial charge in [0.25, 0.3) is 0 Å². The first-order valence-corrected chi connectivity index (χ1v) is 9.65. The first-order chi connectivity index (χ1) is 13.9. The van der Waals surface area contributed by atoms with Crippen LogP contribution in [0.15, 0.2) is 36.4 Å². The zero-order chi connectivity index (χ0) is 20.5. The topological polar surface area (TPSA) is 88.2 Å². The summed E-state index contributed by atoms with van der Waals surface area (Å²) in [6, 6.07) is 11.7. The second-order valence-corrected chi connectivity index (χ2v) is 7.40. The molecule has 1 fully saturated rings. The molecular formula is C22H25N5O2. The lowest BCUT2D eigenvalue weighted by molar-refractivity contribution is -0.124. The number of benzene rings is 2. The highest BCUT2D eigenvalue weighted by Gasteiger charge is 2.29. The molecule has 2 unspecified atom stereocenters. The molecule has 150 valence electrons. The van der Waals surface area contributed by atoms with Crippen LogP contribution in [0.25, 0.3) is 10.9 Å². The Hall–Kier alpha value is -3.19. The summed E-state index contributed by atoms with van der Waals surface area (Å²) in [7, 11) is 1.63. The van der Waals surface area contributed by atoms with Crippen LogP contribution in [-0.2, 0) is 4.79 Å². The first-order valence-electron chi connectivity index (χ1n) is 9.65. The number of rotatable bonds is 4. The van der Waals surface area contributed by atoms with Gasteiger partial charge in [-0.1, -0.05) is 18.2 Å². The van der Waals surface area contributed by atoms with Gasteiger partial charge in [0.2, 0.25) is 11.9 Å². The second-order valence-electron chi connectivity index (χ2n) is 7.40. The Balaban J connectivity index is 1.60. The number of methoxy groups -OCH3 is 1. The third-order valence-electron chi connectivity index (χ3n) is 5.35. The summed E-state index contributed by atoms with van der Waals surface area (Å²) in [6.45, 7) is 6.12. The Morgan fingerprint density at radius 3 is 2.66 bits per heavy atom. The van der Waals surface area contributed by atoms with Gasteiger partial charge in [0, 0.05) is 23.4 Å². The van der Waals surface area contributed by atoms with Crippen molar-refractivity contribution in [3.05, 3.63) is 58.8 Å². The van der Waals surface area contributed by atoms with Gasteiger partial charge in [-0.25, -0.2) is 9.97 Å². The lowest BCUT2D eigenvalue weighted by Crippen LogP contribution is -2.57. The summed E-state index contributed by atoms with van der Waals surface area (Å²) >= 11 is 0. The van der Waals surface area contributed by atoms with Crippen LogP contribution in [0.1, 0.15) is 34.8 Å². The van der Waals surface area contributed by atoms with E-state index in [-0.39, 0.29) is 11.9 Å². The predicted molar refractivity (Wildman–Crippen MR) is 113 cm³/mol. The van der Waals surface area contributed by atoms with Crippen LogP contribution in [0, 0.1) is 20.8 Å². The van der Waals surface area contributed by atoms with Crippen LogP contribution in [0.5, 0.6) is 5.75 Å². The monoisotopic (exact) mass is 391 g/mol. The van der Waals surface area contributed by atoms with E-state index in [0.29, 0.717) is 12.4 Å². The summed E-state index contributed by atoms with van der Waals surface area (Å²) in [6.07, 6.45) is -0.163. The average Bonchev–Trinajstić information content (AvgIpc) is 2.69. The van der Waals surface area contributed by atoms with Crippen LogP contribution < -0.4 is 20.7 Å². The molecule has 1 aromatic heterocycles. The Morgan fingerprint density at radius 1 is 1.10 bits per heavy atom. The number of nitrogens with zero attached hydrogens (tertiary/aromatic N) is 2. The van der Waals surface area contributed by atoms with Gasteiger partial charge >= 0.3 is 0 Å². The van der Waals surface area contributed by atoms with E-state index in [1.807, 2.05) is 31.2 Å². The highest BCUT2D eigenvalue weighted by molar-refractivity contribution is 5.83. The smallest absolute Gasteiger partial charge is 0.226 e. The summed E-state index contributed by atoms with van der Waals surface area (Å²) in [4.78, 5) is 21.6. The highest BCUT2D eigenvalue weighted by atomic mass is 16.5. The molecular weight excluding hydrogens is 366 g/mol. The predicted octanol–water partition coefficient (Wildman–Crippen LogP) is 3.11. The van der Waals surface area contributed by atoms with Crippen LogP contribution in [-0.4, -0.2) is 29.3 Å². The Kier molecular flexibility index (Phi) is 5.07. The second kappa shape index (κ2) is 7.67. The maximum Gasteiger partial charge on any atom is 0.226 e. The van der Waals surface area contributed by atoms with Crippen molar-refractivity contribution in [2.45, 2.75) is 39.5 Å². The molecule has 1 aliphatic heterocycles. The van der Waals surface area contributed by atoms with Crippen LogP contribution in [0.4, 0.5) is 5.95 Å². The number of hydrogen-bond acceptors (Lipinski definition) is 6.